The van der Waals surface area contributed by atoms with E-state index in [1.54, 1.807) is 6.07 Å². The van der Waals surface area contributed by atoms with E-state index in [1.165, 1.54) is 31.2 Å². The number of benzene rings is 1. The van der Waals surface area contributed by atoms with Crippen LogP contribution in [0.25, 0.3) is 10.9 Å². The van der Waals surface area contributed by atoms with Gasteiger partial charge in [-0.15, -0.1) is 0 Å². The van der Waals surface area contributed by atoms with Gasteiger partial charge in [0.1, 0.15) is 5.75 Å². The molecule has 2 heteroatoms. The Balaban J connectivity index is 2.09. The Kier molecular flexibility index (Phi) is 3.50. The van der Waals surface area contributed by atoms with Crippen LogP contribution >= 0.6 is 0 Å². The number of rotatable bonds is 5. The molecule has 1 heterocycles. The maximum absolute atomic E-state index is 9.47. The fourth-order valence-electron chi connectivity index (χ4n) is 2.12. The summed E-state index contributed by atoms with van der Waals surface area (Å²) in [4.78, 5) is 3.25. The van der Waals surface area contributed by atoms with Gasteiger partial charge >= 0.3 is 0 Å². The molecule has 2 N–H and O–H groups in total. The van der Waals surface area contributed by atoms with Crippen LogP contribution < -0.4 is 0 Å². The fraction of sp³-hybridized carbons (Fsp3) is 0.429. The first kappa shape index (κ1) is 11.1. The summed E-state index contributed by atoms with van der Waals surface area (Å²) in [5, 5.41) is 10.6. The van der Waals surface area contributed by atoms with Crippen molar-refractivity contribution in [3.63, 3.8) is 0 Å². The second-order valence-electron chi connectivity index (χ2n) is 4.35. The minimum absolute atomic E-state index is 0.349. The van der Waals surface area contributed by atoms with E-state index in [4.69, 9.17) is 0 Å². The van der Waals surface area contributed by atoms with Crippen LogP contribution in [0.1, 0.15) is 38.2 Å². The van der Waals surface area contributed by atoms with Crippen molar-refractivity contribution in [1.82, 2.24) is 4.98 Å². The zero-order valence-corrected chi connectivity index (χ0v) is 9.79. The summed E-state index contributed by atoms with van der Waals surface area (Å²) in [6, 6.07) is 5.50. The zero-order valence-electron chi connectivity index (χ0n) is 9.79. The third-order valence-corrected chi connectivity index (χ3v) is 3.05. The molecule has 0 aliphatic rings. The Labute approximate surface area is 96.3 Å². The van der Waals surface area contributed by atoms with Crippen LogP contribution in [0.5, 0.6) is 5.75 Å². The molecule has 0 unspecified atom stereocenters. The van der Waals surface area contributed by atoms with E-state index in [9.17, 15) is 5.11 Å². The van der Waals surface area contributed by atoms with Crippen molar-refractivity contribution in [2.45, 2.75) is 39.0 Å². The molecule has 0 radical (unpaired) electrons. The maximum Gasteiger partial charge on any atom is 0.116 e. The number of hydrogen-bond acceptors (Lipinski definition) is 1. The van der Waals surface area contributed by atoms with E-state index in [0.717, 1.165) is 17.3 Å². The van der Waals surface area contributed by atoms with Gasteiger partial charge < -0.3 is 10.1 Å². The van der Waals surface area contributed by atoms with Crippen molar-refractivity contribution in [2.75, 3.05) is 0 Å². The van der Waals surface area contributed by atoms with Crippen LogP contribution in [0, 0.1) is 0 Å². The molecular weight excluding hydrogens is 198 g/mol. The van der Waals surface area contributed by atoms with Crippen molar-refractivity contribution < 1.29 is 5.11 Å². The molecule has 0 bridgehead atoms. The largest absolute Gasteiger partial charge is 0.508 e. The van der Waals surface area contributed by atoms with Crippen molar-refractivity contribution in [1.29, 1.82) is 0 Å². The second kappa shape index (κ2) is 5.06. The first-order valence-electron chi connectivity index (χ1n) is 6.10. The Morgan fingerprint density at radius 3 is 2.88 bits per heavy atom. The number of nitrogens with one attached hydrogen (secondary N) is 1. The molecule has 86 valence electrons. The SMILES string of the molecule is CCCCCCc1c[nH]c2ccc(O)cc12. The average molecular weight is 217 g/mol. The van der Waals surface area contributed by atoms with Crippen LogP contribution in [0.4, 0.5) is 0 Å². The van der Waals surface area contributed by atoms with Crippen molar-refractivity contribution in [2.24, 2.45) is 0 Å². The van der Waals surface area contributed by atoms with Crippen LogP contribution in [0.15, 0.2) is 24.4 Å². The van der Waals surface area contributed by atoms with E-state index >= 15 is 0 Å². The van der Waals surface area contributed by atoms with Gasteiger partial charge in [-0.2, -0.15) is 0 Å². The second-order valence-corrected chi connectivity index (χ2v) is 4.35. The van der Waals surface area contributed by atoms with Gasteiger partial charge in [-0.05, 0) is 36.6 Å². The van der Waals surface area contributed by atoms with E-state index < -0.39 is 0 Å². The molecule has 0 saturated heterocycles. The van der Waals surface area contributed by atoms with Gasteiger partial charge in [0.15, 0.2) is 0 Å². The molecule has 2 rings (SSSR count). The fourth-order valence-corrected chi connectivity index (χ4v) is 2.12. The van der Waals surface area contributed by atoms with E-state index in [-0.39, 0.29) is 0 Å². The van der Waals surface area contributed by atoms with E-state index in [2.05, 4.69) is 18.1 Å². The van der Waals surface area contributed by atoms with Gasteiger partial charge in [0.05, 0.1) is 0 Å². The number of aryl methyl sites for hydroxylation is 1. The maximum atomic E-state index is 9.47. The first-order valence-corrected chi connectivity index (χ1v) is 6.10. The van der Waals surface area contributed by atoms with Gasteiger partial charge in [-0.3, -0.25) is 0 Å². The molecule has 0 saturated carbocycles. The standard InChI is InChI=1S/C14H19NO/c1-2-3-4-5-6-11-10-15-14-8-7-12(16)9-13(11)14/h7-10,15-16H,2-6H2,1H3. The number of aromatic amines is 1. The zero-order chi connectivity index (χ0) is 11.4. The van der Waals surface area contributed by atoms with Gasteiger partial charge in [0, 0.05) is 17.1 Å². The van der Waals surface area contributed by atoms with Crippen LogP contribution in [0.2, 0.25) is 0 Å². The highest BCUT2D eigenvalue weighted by atomic mass is 16.3. The number of aromatic nitrogens is 1. The lowest BCUT2D eigenvalue weighted by Crippen LogP contribution is -1.83. The quantitative estimate of drug-likeness (QED) is 0.730. The summed E-state index contributed by atoms with van der Waals surface area (Å²) >= 11 is 0. The van der Waals surface area contributed by atoms with Crippen molar-refractivity contribution in [3.05, 3.63) is 30.0 Å². The molecule has 0 spiro atoms. The molecule has 2 aromatic rings. The highest BCUT2D eigenvalue weighted by molar-refractivity contribution is 5.84. The molecule has 1 aromatic heterocycles. The van der Waals surface area contributed by atoms with Crippen molar-refractivity contribution in [3.8, 4) is 5.75 Å². The molecule has 2 nitrogen and oxygen atoms in total. The number of hydrogen-bond donors (Lipinski definition) is 2. The van der Waals surface area contributed by atoms with E-state index in [0.29, 0.717) is 5.75 Å². The number of fused-ring (bicyclic) bond motifs is 1. The molecule has 0 amide bonds. The summed E-state index contributed by atoms with van der Waals surface area (Å²) in [6.45, 7) is 2.23. The summed E-state index contributed by atoms with van der Waals surface area (Å²) in [6.07, 6.45) is 8.28. The summed E-state index contributed by atoms with van der Waals surface area (Å²) < 4.78 is 0. The Morgan fingerprint density at radius 1 is 1.19 bits per heavy atom. The number of aromatic hydroxyl groups is 1. The predicted molar refractivity (Wildman–Crippen MR) is 67.8 cm³/mol. The average Bonchev–Trinajstić information content (AvgIpc) is 2.67. The third-order valence-electron chi connectivity index (χ3n) is 3.05. The number of unbranched alkanes of at least 4 members (excludes halogenated alkanes) is 3. The highest BCUT2D eigenvalue weighted by Gasteiger charge is 2.03. The minimum Gasteiger partial charge on any atom is -0.508 e. The van der Waals surface area contributed by atoms with Crippen LogP contribution in [0.3, 0.4) is 0 Å². The first-order chi connectivity index (χ1) is 7.81. The lowest BCUT2D eigenvalue weighted by Gasteiger charge is -1.99. The van der Waals surface area contributed by atoms with Gasteiger partial charge in [-0.1, -0.05) is 26.2 Å². The van der Waals surface area contributed by atoms with Crippen LogP contribution in [-0.2, 0) is 6.42 Å². The summed E-state index contributed by atoms with van der Waals surface area (Å²) in [7, 11) is 0. The minimum atomic E-state index is 0.349. The Morgan fingerprint density at radius 2 is 2.06 bits per heavy atom. The molecule has 0 atom stereocenters. The number of phenols is 1. The molecule has 0 aliphatic heterocycles. The smallest absolute Gasteiger partial charge is 0.116 e. The highest BCUT2D eigenvalue weighted by Crippen LogP contribution is 2.24. The molecule has 0 aliphatic carbocycles. The lowest BCUT2D eigenvalue weighted by atomic mass is 10.1. The molecular formula is C14H19NO. The normalized spacial score (nSPS) is 11.1. The molecule has 0 fully saturated rings. The summed E-state index contributed by atoms with van der Waals surface area (Å²) in [5.41, 5.74) is 2.44. The van der Waals surface area contributed by atoms with Gasteiger partial charge in [0.2, 0.25) is 0 Å². The topological polar surface area (TPSA) is 36.0 Å². The number of H-pyrrole nitrogens is 1. The summed E-state index contributed by atoms with van der Waals surface area (Å²) in [5.74, 6) is 0.349. The van der Waals surface area contributed by atoms with Crippen LogP contribution in [-0.4, -0.2) is 10.1 Å². The Bertz CT molecular complexity index is 459. The van der Waals surface area contributed by atoms with Gasteiger partial charge in [0.25, 0.3) is 0 Å². The molecule has 1 aromatic carbocycles. The Hall–Kier alpha value is -1.44. The van der Waals surface area contributed by atoms with Gasteiger partial charge in [-0.25, -0.2) is 0 Å². The van der Waals surface area contributed by atoms with Crippen molar-refractivity contribution >= 4 is 10.9 Å². The molecule has 16 heavy (non-hydrogen) atoms. The monoisotopic (exact) mass is 217 g/mol. The lowest BCUT2D eigenvalue weighted by molar-refractivity contribution is 0.476. The van der Waals surface area contributed by atoms with E-state index in [1.807, 2.05) is 12.1 Å². The third kappa shape index (κ3) is 2.38. The predicted octanol–water partition coefficient (Wildman–Crippen LogP) is 4.00. The number of phenolic OH excluding ortho intramolecular Hbond substituents is 1.